The highest BCUT2D eigenvalue weighted by Gasteiger charge is 2.42. The number of alkyl carbamates (subject to hydrolysis) is 1. The van der Waals surface area contributed by atoms with Crippen LogP contribution in [0.25, 0.3) is 0 Å². The topological polar surface area (TPSA) is 153 Å². The summed E-state index contributed by atoms with van der Waals surface area (Å²) in [5.41, 5.74) is 0. The van der Waals surface area contributed by atoms with Crippen molar-refractivity contribution in [2.75, 3.05) is 13.2 Å². The van der Waals surface area contributed by atoms with Crippen LogP contribution in [0.4, 0.5) is 4.79 Å². The van der Waals surface area contributed by atoms with Crippen LogP contribution >= 0.6 is 15.2 Å². The van der Waals surface area contributed by atoms with E-state index in [0.29, 0.717) is 6.42 Å². The molecule has 0 radical (unpaired) electrons. The molecule has 19 heavy (non-hydrogen) atoms. The van der Waals surface area contributed by atoms with E-state index in [-0.39, 0.29) is 13.2 Å². The first kappa shape index (κ1) is 18.6. The van der Waals surface area contributed by atoms with Crippen molar-refractivity contribution in [3.05, 3.63) is 0 Å². The molecule has 9 nitrogen and oxygen atoms in total. The van der Waals surface area contributed by atoms with Gasteiger partial charge in [0.15, 0.2) is 5.40 Å². The molecule has 0 saturated carbocycles. The first-order valence-electron chi connectivity index (χ1n) is 5.60. The van der Waals surface area contributed by atoms with E-state index < -0.39 is 33.1 Å². The second kappa shape index (κ2) is 7.99. The van der Waals surface area contributed by atoms with Gasteiger partial charge in [-0.15, -0.1) is 0 Å². The lowest BCUT2D eigenvalue weighted by Gasteiger charge is -2.19. The Morgan fingerprint density at radius 1 is 1.21 bits per heavy atom. The Morgan fingerprint density at radius 2 is 1.74 bits per heavy atom. The van der Waals surface area contributed by atoms with Crippen molar-refractivity contribution in [3.63, 3.8) is 0 Å². The number of nitrogens with one attached hydrogen (secondary N) is 1. The van der Waals surface area contributed by atoms with Crippen LogP contribution in [0.5, 0.6) is 0 Å². The van der Waals surface area contributed by atoms with E-state index in [0.717, 1.165) is 6.42 Å². The Morgan fingerprint density at radius 3 is 2.16 bits per heavy atom. The second-order valence-electron chi connectivity index (χ2n) is 3.86. The standard InChI is InChI=1S/C8H19NO8P2/c1-2-3-6-17-8(10)9-5-4-7(18(11,12)13)19(14,15)16/h7H,2-6H2,1H3,(H,9,10)(H2,11,12,13)(H2,14,15,16). The van der Waals surface area contributed by atoms with Crippen LogP contribution in [0, 0.1) is 0 Å². The Bertz CT molecular complexity index is 353. The zero-order valence-corrected chi connectivity index (χ0v) is 12.2. The fourth-order valence-electron chi connectivity index (χ4n) is 1.20. The number of rotatable bonds is 8. The second-order valence-corrected chi connectivity index (χ2v) is 7.87. The van der Waals surface area contributed by atoms with Gasteiger partial charge in [-0.25, -0.2) is 4.79 Å². The first-order chi connectivity index (χ1) is 8.59. The average molecular weight is 319 g/mol. The van der Waals surface area contributed by atoms with Crippen LogP contribution in [-0.2, 0) is 13.9 Å². The van der Waals surface area contributed by atoms with Gasteiger partial charge in [0.1, 0.15) is 0 Å². The van der Waals surface area contributed by atoms with E-state index in [2.05, 4.69) is 5.32 Å². The van der Waals surface area contributed by atoms with Crippen LogP contribution < -0.4 is 5.32 Å². The Balaban J connectivity index is 4.19. The third kappa shape index (κ3) is 8.36. The lowest BCUT2D eigenvalue weighted by atomic mass is 10.4. The van der Waals surface area contributed by atoms with Crippen molar-refractivity contribution >= 4 is 21.3 Å². The SMILES string of the molecule is CCCCOC(=O)NCCC(P(=O)(O)O)P(=O)(O)O. The minimum absolute atomic E-state index is 0.211. The molecule has 0 saturated heterocycles. The predicted octanol–water partition coefficient (Wildman–Crippen LogP) is 0.584. The molecular weight excluding hydrogens is 300 g/mol. The normalized spacial score (nSPS) is 12.5. The van der Waals surface area contributed by atoms with Gasteiger partial charge in [-0.1, -0.05) is 13.3 Å². The van der Waals surface area contributed by atoms with E-state index in [9.17, 15) is 13.9 Å². The smallest absolute Gasteiger partial charge is 0.407 e. The fourth-order valence-corrected chi connectivity index (χ4v) is 3.69. The van der Waals surface area contributed by atoms with Crippen molar-refractivity contribution in [1.29, 1.82) is 0 Å². The van der Waals surface area contributed by atoms with Crippen LogP contribution in [0.15, 0.2) is 0 Å². The van der Waals surface area contributed by atoms with Gasteiger partial charge < -0.3 is 29.6 Å². The highest BCUT2D eigenvalue weighted by molar-refractivity contribution is 7.70. The zero-order valence-electron chi connectivity index (χ0n) is 10.4. The molecule has 0 aromatic carbocycles. The summed E-state index contributed by atoms with van der Waals surface area (Å²) in [6.45, 7) is 1.82. The molecule has 0 atom stereocenters. The molecule has 0 bridgehead atoms. The summed E-state index contributed by atoms with van der Waals surface area (Å²) in [6, 6.07) is 0. The molecule has 0 heterocycles. The molecule has 0 aromatic heterocycles. The molecule has 0 aromatic rings. The van der Waals surface area contributed by atoms with E-state index in [1.54, 1.807) is 0 Å². The molecular formula is C8H19NO8P2. The molecule has 0 rings (SSSR count). The van der Waals surface area contributed by atoms with E-state index in [4.69, 9.17) is 24.3 Å². The first-order valence-corrected chi connectivity index (χ1v) is 8.96. The number of ether oxygens (including phenoxy) is 1. The summed E-state index contributed by atoms with van der Waals surface area (Å²) in [6.07, 6.45) is 0.188. The van der Waals surface area contributed by atoms with E-state index >= 15 is 0 Å². The van der Waals surface area contributed by atoms with Crippen molar-refractivity contribution in [1.82, 2.24) is 5.32 Å². The van der Waals surface area contributed by atoms with Crippen molar-refractivity contribution in [3.8, 4) is 0 Å². The van der Waals surface area contributed by atoms with Crippen LogP contribution in [0.3, 0.4) is 0 Å². The zero-order chi connectivity index (χ0) is 15.1. The van der Waals surface area contributed by atoms with Gasteiger partial charge >= 0.3 is 21.3 Å². The minimum atomic E-state index is -4.94. The largest absolute Gasteiger partial charge is 0.450 e. The van der Waals surface area contributed by atoms with Crippen molar-refractivity contribution < 1.29 is 38.2 Å². The van der Waals surface area contributed by atoms with Gasteiger partial charge in [0, 0.05) is 6.54 Å². The lowest BCUT2D eigenvalue weighted by molar-refractivity contribution is 0.144. The summed E-state index contributed by atoms with van der Waals surface area (Å²) in [4.78, 5) is 46.4. The van der Waals surface area contributed by atoms with Crippen LogP contribution in [-0.4, -0.2) is 44.2 Å². The van der Waals surface area contributed by atoms with Gasteiger partial charge in [-0.2, -0.15) is 0 Å². The summed E-state index contributed by atoms with van der Waals surface area (Å²) in [5.74, 6) is 0. The predicted molar refractivity (Wildman–Crippen MR) is 66.8 cm³/mol. The van der Waals surface area contributed by atoms with Crippen LogP contribution in [0.2, 0.25) is 0 Å². The summed E-state index contributed by atoms with van der Waals surface area (Å²) >= 11 is 0. The molecule has 0 fully saturated rings. The molecule has 0 unspecified atom stereocenters. The number of amides is 1. The Hall–Kier alpha value is -0.430. The van der Waals surface area contributed by atoms with Crippen molar-refractivity contribution in [2.45, 2.75) is 31.6 Å². The summed E-state index contributed by atoms with van der Waals surface area (Å²) < 4.78 is 26.5. The maximum Gasteiger partial charge on any atom is 0.407 e. The Labute approximate surface area is 110 Å². The number of hydrogen-bond donors (Lipinski definition) is 5. The molecule has 11 heteroatoms. The lowest BCUT2D eigenvalue weighted by Crippen LogP contribution is -2.28. The van der Waals surface area contributed by atoms with E-state index in [1.165, 1.54) is 0 Å². The third-order valence-corrected chi connectivity index (χ3v) is 6.05. The fraction of sp³-hybridized carbons (Fsp3) is 0.875. The van der Waals surface area contributed by atoms with Crippen molar-refractivity contribution in [2.24, 2.45) is 0 Å². The molecule has 0 aliphatic carbocycles. The van der Waals surface area contributed by atoms with Gasteiger partial charge in [-0.05, 0) is 12.8 Å². The maximum absolute atomic E-state index is 11.1. The molecule has 0 spiro atoms. The molecule has 0 aliphatic heterocycles. The quantitative estimate of drug-likeness (QED) is 0.322. The summed E-state index contributed by atoms with van der Waals surface area (Å²) in [5, 5.41) is 0.0535. The third-order valence-electron chi connectivity index (χ3n) is 2.18. The molecule has 114 valence electrons. The Kier molecular flexibility index (Phi) is 7.81. The maximum atomic E-state index is 11.1. The number of carbonyl (C=O) groups is 1. The number of unbranched alkanes of at least 4 members (excludes halogenated alkanes) is 1. The molecule has 0 aliphatic rings. The summed E-state index contributed by atoms with van der Waals surface area (Å²) in [7, 11) is -9.88. The highest BCUT2D eigenvalue weighted by Crippen LogP contribution is 2.61. The van der Waals surface area contributed by atoms with Gasteiger partial charge in [0.05, 0.1) is 6.61 Å². The highest BCUT2D eigenvalue weighted by atomic mass is 31.2. The van der Waals surface area contributed by atoms with Gasteiger partial charge in [0.2, 0.25) is 0 Å². The number of hydrogen-bond acceptors (Lipinski definition) is 4. The number of carbonyl (C=O) groups excluding carboxylic acids is 1. The molecule has 5 N–H and O–H groups in total. The van der Waals surface area contributed by atoms with Gasteiger partial charge in [0.25, 0.3) is 0 Å². The van der Waals surface area contributed by atoms with Gasteiger partial charge in [-0.3, -0.25) is 9.13 Å². The average Bonchev–Trinajstić information content (AvgIpc) is 2.21. The monoisotopic (exact) mass is 319 g/mol. The van der Waals surface area contributed by atoms with E-state index in [1.807, 2.05) is 6.92 Å². The minimum Gasteiger partial charge on any atom is -0.450 e. The van der Waals surface area contributed by atoms with Crippen LogP contribution in [0.1, 0.15) is 26.2 Å². The molecule has 1 amide bonds.